The van der Waals surface area contributed by atoms with E-state index in [9.17, 15) is 4.79 Å². The zero-order valence-corrected chi connectivity index (χ0v) is 23.0. The Balaban J connectivity index is 1.47. The Morgan fingerprint density at radius 2 is 1.76 bits per heavy atom. The van der Waals surface area contributed by atoms with Gasteiger partial charge in [-0.15, -0.1) is 5.10 Å². The second-order valence-corrected chi connectivity index (χ2v) is 10.6. The van der Waals surface area contributed by atoms with Crippen molar-refractivity contribution in [1.29, 1.82) is 0 Å². The van der Waals surface area contributed by atoms with Crippen molar-refractivity contribution in [3.05, 3.63) is 109 Å². The molecule has 0 aliphatic heterocycles. The van der Waals surface area contributed by atoms with Crippen LogP contribution in [0.1, 0.15) is 18.1 Å². The molecule has 3 aromatic carbocycles. The molecule has 3 heterocycles. The molecule has 7 nitrogen and oxygen atoms in total. The molecule has 3 aromatic heterocycles. The predicted molar refractivity (Wildman–Crippen MR) is 154 cm³/mol. The lowest BCUT2D eigenvalue weighted by Crippen LogP contribution is -2.23. The maximum atomic E-state index is 13.3. The summed E-state index contributed by atoms with van der Waals surface area (Å²) in [6, 6.07) is 23.6. The number of hydrogen-bond acceptors (Lipinski definition) is 6. The Kier molecular flexibility index (Phi) is 6.39. The minimum Gasteiger partial charge on any atom is -0.494 e. The van der Waals surface area contributed by atoms with Gasteiger partial charge in [-0.1, -0.05) is 57.6 Å². The van der Waals surface area contributed by atoms with Gasteiger partial charge in [0.05, 0.1) is 16.8 Å². The smallest absolute Gasteiger partial charge is 0.291 e. The lowest BCUT2D eigenvalue weighted by atomic mass is 10.0. The van der Waals surface area contributed by atoms with E-state index in [0.29, 0.717) is 21.9 Å². The average Bonchev–Trinajstić information content (AvgIpc) is 3.62. The molecular weight excluding hydrogens is 562 g/mol. The first-order valence-corrected chi connectivity index (χ1v) is 13.7. The van der Waals surface area contributed by atoms with E-state index >= 15 is 0 Å². The van der Waals surface area contributed by atoms with Crippen LogP contribution in [0.4, 0.5) is 0 Å². The Morgan fingerprint density at radius 1 is 1.00 bits per heavy atom. The molecular formula is C29H22BrN5O2S. The van der Waals surface area contributed by atoms with Gasteiger partial charge in [-0.2, -0.15) is 14.6 Å². The Bertz CT molecular complexity index is 1870. The van der Waals surface area contributed by atoms with Crippen LogP contribution in [0.3, 0.4) is 0 Å². The summed E-state index contributed by atoms with van der Waals surface area (Å²) in [4.78, 5) is 18.5. The van der Waals surface area contributed by atoms with Crippen molar-refractivity contribution >= 4 is 38.3 Å². The molecule has 38 heavy (non-hydrogen) atoms. The van der Waals surface area contributed by atoms with Gasteiger partial charge in [-0.25, -0.2) is 4.68 Å². The number of nitrogens with zero attached hydrogens (tertiary/aromatic N) is 5. The van der Waals surface area contributed by atoms with Crippen LogP contribution >= 0.6 is 27.3 Å². The van der Waals surface area contributed by atoms with Crippen LogP contribution in [0.2, 0.25) is 0 Å². The normalized spacial score (nSPS) is 11.9. The first-order chi connectivity index (χ1) is 18.5. The van der Waals surface area contributed by atoms with Crippen LogP contribution < -0.4 is 14.8 Å². The summed E-state index contributed by atoms with van der Waals surface area (Å²) in [5.41, 5.74) is 5.14. The summed E-state index contributed by atoms with van der Waals surface area (Å²) in [5, 5.41) is 9.38. The van der Waals surface area contributed by atoms with Crippen LogP contribution in [-0.4, -0.2) is 31.0 Å². The quantitative estimate of drug-likeness (QED) is 0.252. The van der Waals surface area contributed by atoms with Gasteiger partial charge in [0.1, 0.15) is 11.4 Å². The highest BCUT2D eigenvalue weighted by atomic mass is 79.9. The first-order valence-electron chi connectivity index (χ1n) is 12.1. The molecule has 0 bridgehead atoms. The van der Waals surface area contributed by atoms with E-state index in [0.717, 1.165) is 43.9 Å². The summed E-state index contributed by atoms with van der Waals surface area (Å²) >= 11 is 4.75. The molecule has 0 fully saturated rings. The third-order valence-electron chi connectivity index (χ3n) is 6.08. The van der Waals surface area contributed by atoms with Crippen LogP contribution in [0.15, 0.2) is 88.3 Å². The summed E-state index contributed by atoms with van der Waals surface area (Å²) in [6.45, 7) is 4.59. The molecule has 0 atom stereocenters. The third-order valence-corrected chi connectivity index (χ3v) is 7.57. The van der Waals surface area contributed by atoms with Crippen molar-refractivity contribution in [2.24, 2.45) is 0 Å². The standard InChI is InChI=1S/C29H22BrN5O2S/c1-3-37-24-14-11-20(15-18(24)2)26-21(17-34(32-26)23-7-5-4-6-8-23)16-25-28(36)35-29(38-25)31-27(33-35)19-9-12-22(30)13-10-19/h4-17H,3H2,1-2H3/b25-16+. The summed E-state index contributed by atoms with van der Waals surface area (Å²) < 4.78 is 10.4. The van der Waals surface area contributed by atoms with Gasteiger partial charge in [-0.05, 0) is 68.0 Å². The van der Waals surface area contributed by atoms with Crippen molar-refractivity contribution < 1.29 is 4.74 Å². The first kappa shape index (κ1) is 24.3. The number of thiazole rings is 1. The van der Waals surface area contributed by atoms with Crippen molar-refractivity contribution in [1.82, 2.24) is 24.4 Å². The van der Waals surface area contributed by atoms with Crippen molar-refractivity contribution in [2.45, 2.75) is 13.8 Å². The van der Waals surface area contributed by atoms with E-state index in [-0.39, 0.29) is 5.56 Å². The maximum absolute atomic E-state index is 13.3. The molecule has 0 aliphatic rings. The highest BCUT2D eigenvalue weighted by Gasteiger charge is 2.16. The number of fused-ring (bicyclic) bond motifs is 1. The summed E-state index contributed by atoms with van der Waals surface area (Å²) in [6.07, 6.45) is 3.81. The van der Waals surface area contributed by atoms with Gasteiger partial charge < -0.3 is 4.74 Å². The van der Waals surface area contributed by atoms with E-state index < -0.39 is 0 Å². The molecule has 0 N–H and O–H groups in total. The monoisotopic (exact) mass is 583 g/mol. The summed E-state index contributed by atoms with van der Waals surface area (Å²) in [7, 11) is 0. The van der Waals surface area contributed by atoms with Crippen molar-refractivity contribution in [2.75, 3.05) is 6.61 Å². The topological polar surface area (TPSA) is 74.3 Å². The largest absolute Gasteiger partial charge is 0.494 e. The fourth-order valence-electron chi connectivity index (χ4n) is 4.24. The molecule has 0 unspecified atom stereocenters. The molecule has 0 saturated heterocycles. The van der Waals surface area contributed by atoms with Gasteiger partial charge >= 0.3 is 0 Å². The van der Waals surface area contributed by atoms with Gasteiger partial charge in [0.15, 0.2) is 5.82 Å². The second-order valence-electron chi connectivity index (χ2n) is 8.68. The highest BCUT2D eigenvalue weighted by Crippen LogP contribution is 2.29. The molecule has 0 spiro atoms. The number of ether oxygens (including phenoxy) is 1. The zero-order valence-electron chi connectivity index (χ0n) is 20.6. The minimum absolute atomic E-state index is 0.206. The van der Waals surface area contributed by atoms with Crippen LogP contribution in [0.5, 0.6) is 5.75 Å². The van der Waals surface area contributed by atoms with E-state index in [4.69, 9.17) is 9.84 Å². The molecule has 0 aliphatic carbocycles. The Labute approximate surface area is 230 Å². The van der Waals surface area contributed by atoms with Crippen LogP contribution in [0.25, 0.3) is 39.4 Å². The number of aromatic nitrogens is 5. The lowest BCUT2D eigenvalue weighted by Gasteiger charge is -2.08. The fraction of sp³-hybridized carbons (Fsp3) is 0.103. The fourth-order valence-corrected chi connectivity index (χ4v) is 5.40. The Morgan fingerprint density at radius 3 is 2.47 bits per heavy atom. The van der Waals surface area contributed by atoms with Gasteiger partial charge in [0, 0.05) is 27.4 Å². The number of hydrogen-bond donors (Lipinski definition) is 0. The number of para-hydroxylation sites is 1. The van der Waals surface area contributed by atoms with E-state index in [1.54, 1.807) is 0 Å². The minimum atomic E-state index is -0.206. The van der Waals surface area contributed by atoms with E-state index in [1.807, 2.05) is 97.5 Å². The molecule has 188 valence electrons. The van der Waals surface area contributed by atoms with Crippen molar-refractivity contribution in [3.8, 4) is 34.1 Å². The van der Waals surface area contributed by atoms with Crippen molar-refractivity contribution in [3.63, 3.8) is 0 Å². The predicted octanol–water partition coefficient (Wildman–Crippen LogP) is 5.69. The Hall–Kier alpha value is -4.08. The third kappa shape index (κ3) is 4.55. The summed E-state index contributed by atoms with van der Waals surface area (Å²) in [5.74, 6) is 1.37. The zero-order chi connectivity index (χ0) is 26.2. The SMILES string of the molecule is CCOc1ccc(-c2nn(-c3ccccc3)cc2/C=c2/sc3nc(-c4ccc(Br)cc4)nn3c2=O)cc1C. The van der Waals surface area contributed by atoms with E-state index in [2.05, 4.69) is 32.1 Å². The van der Waals surface area contributed by atoms with Gasteiger partial charge in [0.2, 0.25) is 4.96 Å². The van der Waals surface area contributed by atoms with Crippen LogP contribution in [0, 0.1) is 6.92 Å². The molecule has 0 radical (unpaired) electrons. The number of aryl methyl sites for hydroxylation is 1. The van der Waals surface area contributed by atoms with Gasteiger partial charge in [0.25, 0.3) is 5.56 Å². The number of halogens is 1. The second kappa shape index (κ2) is 10.00. The molecule has 6 aromatic rings. The lowest BCUT2D eigenvalue weighted by molar-refractivity contribution is 0.338. The highest BCUT2D eigenvalue weighted by molar-refractivity contribution is 9.10. The maximum Gasteiger partial charge on any atom is 0.291 e. The van der Waals surface area contributed by atoms with Crippen LogP contribution in [-0.2, 0) is 0 Å². The molecule has 0 saturated carbocycles. The average molecular weight is 584 g/mol. The van der Waals surface area contributed by atoms with E-state index in [1.165, 1.54) is 15.9 Å². The molecule has 0 amide bonds. The molecule has 9 heteroatoms. The molecule has 6 rings (SSSR count). The van der Waals surface area contributed by atoms with Gasteiger partial charge in [-0.3, -0.25) is 4.79 Å². The number of benzene rings is 3. The number of rotatable bonds is 6.